The number of halogens is 1. The SMILES string of the molecule is Cc1ccc(NC(=O)COC(=O)CNC(=O)c2ccc3ccccc3c2)c(Cl)c1. The minimum absolute atomic E-state index is 0.343. The van der Waals surface area contributed by atoms with Crippen molar-refractivity contribution in [1.82, 2.24) is 5.32 Å². The fourth-order valence-electron chi connectivity index (χ4n) is 2.69. The van der Waals surface area contributed by atoms with Crippen LogP contribution in [-0.4, -0.2) is 30.9 Å². The maximum atomic E-state index is 12.2. The van der Waals surface area contributed by atoms with Gasteiger partial charge in [0.25, 0.3) is 11.8 Å². The molecule has 0 aliphatic carbocycles. The number of esters is 1. The van der Waals surface area contributed by atoms with E-state index >= 15 is 0 Å². The molecule has 0 unspecified atom stereocenters. The van der Waals surface area contributed by atoms with Crippen LogP contribution in [0.25, 0.3) is 10.8 Å². The maximum absolute atomic E-state index is 12.2. The quantitative estimate of drug-likeness (QED) is 0.606. The lowest BCUT2D eigenvalue weighted by Gasteiger charge is -2.09. The van der Waals surface area contributed by atoms with Gasteiger partial charge < -0.3 is 15.4 Å². The van der Waals surface area contributed by atoms with Crippen LogP contribution in [0.5, 0.6) is 0 Å². The number of nitrogens with one attached hydrogen (secondary N) is 2. The molecule has 3 aromatic rings. The molecule has 0 radical (unpaired) electrons. The third-order valence-corrected chi connectivity index (χ3v) is 4.48. The molecule has 0 aromatic heterocycles. The summed E-state index contributed by atoms with van der Waals surface area (Å²) in [5.74, 6) is -1.64. The van der Waals surface area contributed by atoms with Gasteiger partial charge in [-0.1, -0.05) is 48.0 Å². The van der Waals surface area contributed by atoms with Gasteiger partial charge in [0.15, 0.2) is 6.61 Å². The molecule has 3 aromatic carbocycles. The Morgan fingerprint density at radius 2 is 1.72 bits per heavy atom. The Morgan fingerprint density at radius 3 is 2.48 bits per heavy atom. The zero-order valence-corrected chi connectivity index (χ0v) is 16.5. The van der Waals surface area contributed by atoms with E-state index in [2.05, 4.69) is 10.6 Å². The first-order valence-corrected chi connectivity index (χ1v) is 9.29. The summed E-state index contributed by atoms with van der Waals surface area (Å²) >= 11 is 6.05. The molecule has 0 saturated heterocycles. The van der Waals surface area contributed by atoms with Crippen LogP contribution in [0.2, 0.25) is 5.02 Å². The molecule has 148 valence electrons. The van der Waals surface area contributed by atoms with Crippen molar-refractivity contribution in [3.05, 3.63) is 76.8 Å². The molecule has 0 aliphatic rings. The Kier molecular flexibility index (Phi) is 6.46. The van der Waals surface area contributed by atoms with Gasteiger partial charge in [0, 0.05) is 5.56 Å². The van der Waals surface area contributed by atoms with Gasteiger partial charge in [0.1, 0.15) is 6.54 Å². The van der Waals surface area contributed by atoms with Gasteiger partial charge in [0.2, 0.25) is 0 Å². The third-order valence-electron chi connectivity index (χ3n) is 4.17. The molecular formula is C22H19ClN2O4. The summed E-state index contributed by atoms with van der Waals surface area (Å²) in [5, 5.41) is 7.39. The van der Waals surface area contributed by atoms with E-state index in [1.54, 1.807) is 30.3 Å². The summed E-state index contributed by atoms with van der Waals surface area (Å²) in [6, 6.07) is 18.1. The van der Waals surface area contributed by atoms with Crippen molar-refractivity contribution >= 4 is 45.8 Å². The Labute approximate surface area is 172 Å². The van der Waals surface area contributed by atoms with Crippen molar-refractivity contribution in [2.45, 2.75) is 6.92 Å². The number of fused-ring (bicyclic) bond motifs is 1. The molecule has 0 heterocycles. The number of ether oxygens (including phenoxy) is 1. The van der Waals surface area contributed by atoms with Crippen LogP contribution in [0, 0.1) is 6.92 Å². The van der Waals surface area contributed by atoms with Gasteiger partial charge in [-0.3, -0.25) is 14.4 Å². The van der Waals surface area contributed by atoms with Crippen LogP contribution in [-0.2, 0) is 14.3 Å². The Bertz CT molecular complexity index is 1080. The fraction of sp³-hybridized carbons (Fsp3) is 0.136. The summed E-state index contributed by atoms with van der Waals surface area (Å²) in [6.07, 6.45) is 0. The van der Waals surface area contributed by atoms with Crippen molar-refractivity contribution in [3.8, 4) is 0 Å². The number of benzene rings is 3. The molecule has 0 atom stereocenters. The molecule has 0 bridgehead atoms. The molecule has 0 saturated carbocycles. The lowest BCUT2D eigenvalue weighted by molar-refractivity contribution is -0.146. The highest BCUT2D eigenvalue weighted by Gasteiger charge is 2.12. The minimum Gasteiger partial charge on any atom is -0.454 e. The highest BCUT2D eigenvalue weighted by molar-refractivity contribution is 6.33. The van der Waals surface area contributed by atoms with Gasteiger partial charge in [0.05, 0.1) is 10.7 Å². The van der Waals surface area contributed by atoms with Crippen molar-refractivity contribution in [2.24, 2.45) is 0 Å². The molecule has 2 amide bonds. The average Bonchev–Trinajstić information content (AvgIpc) is 2.72. The van der Waals surface area contributed by atoms with Crippen molar-refractivity contribution in [2.75, 3.05) is 18.5 Å². The summed E-state index contributed by atoms with van der Waals surface area (Å²) < 4.78 is 4.89. The predicted molar refractivity (Wildman–Crippen MR) is 112 cm³/mol. The second-order valence-electron chi connectivity index (χ2n) is 6.44. The van der Waals surface area contributed by atoms with Gasteiger partial charge in [-0.25, -0.2) is 0 Å². The molecule has 2 N–H and O–H groups in total. The maximum Gasteiger partial charge on any atom is 0.325 e. The second-order valence-corrected chi connectivity index (χ2v) is 6.84. The Morgan fingerprint density at radius 1 is 0.966 bits per heavy atom. The van der Waals surface area contributed by atoms with E-state index in [9.17, 15) is 14.4 Å². The number of rotatable bonds is 6. The van der Waals surface area contributed by atoms with Crippen LogP contribution in [0.15, 0.2) is 60.7 Å². The molecule has 0 aliphatic heterocycles. The zero-order valence-electron chi connectivity index (χ0n) is 15.7. The van der Waals surface area contributed by atoms with E-state index < -0.39 is 24.4 Å². The Balaban J connectivity index is 1.46. The monoisotopic (exact) mass is 410 g/mol. The van der Waals surface area contributed by atoms with Gasteiger partial charge in [-0.2, -0.15) is 0 Å². The molecule has 7 heteroatoms. The number of aryl methyl sites for hydroxylation is 1. The number of amides is 2. The van der Waals surface area contributed by atoms with Gasteiger partial charge in [-0.05, 0) is 47.5 Å². The van der Waals surface area contributed by atoms with Crippen molar-refractivity contribution < 1.29 is 19.1 Å². The minimum atomic E-state index is -0.718. The fourth-order valence-corrected chi connectivity index (χ4v) is 2.97. The van der Waals surface area contributed by atoms with Gasteiger partial charge >= 0.3 is 5.97 Å². The van der Waals surface area contributed by atoms with E-state index in [4.69, 9.17) is 16.3 Å². The summed E-state index contributed by atoms with van der Waals surface area (Å²) in [5.41, 5.74) is 1.83. The molecule has 0 fully saturated rings. The van der Waals surface area contributed by atoms with Crippen LogP contribution in [0.4, 0.5) is 5.69 Å². The number of carbonyl (C=O) groups is 3. The smallest absolute Gasteiger partial charge is 0.325 e. The molecule has 0 spiro atoms. The summed E-state index contributed by atoms with van der Waals surface area (Å²) in [6.45, 7) is 1.06. The normalized spacial score (nSPS) is 10.4. The zero-order chi connectivity index (χ0) is 20.8. The topological polar surface area (TPSA) is 84.5 Å². The van der Waals surface area contributed by atoms with Crippen molar-refractivity contribution in [1.29, 1.82) is 0 Å². The largest absolute Gasteiger partial charge is 0.454 e. The van der Waals surface area contributed by atoms with Crippen LogP contribution < -0.4 is 10.6 Å². The lowest BCUT2D eigenvalue weighted by atomic mass is 10.1. The lowest BCUT2D eigenvalue weighted by Crippen LogP contribution is -2.32. The second kappa shape index (κ2) is 9.21. The average molecular weight is 411 g/mol. The standard InChI is InChI=1S/C22H19ClN2O4/c1-14-6-9-19(18(23)10-14)25-20(26)13-29-21(27)12-24-22(28)17-8-7-15-4-2-3-5-16(15)11-17/h2-11H,12-13H2,1H3,(H,24,28)(H,25,26). The van der Waals surface area contributed by atoms with Gasteiger partial charge in [-0.15, -0.1) is 0 Å². The van der Waals surface area contributed by atoms with Crippen LogP contribution in [0.3, 0.4) is 0 Å². The molecular weight excluding hydrogens is 392 g/mol. The number of hydrogen-bond acceptors (Lipinski definition) is 4. The first-order valence-electron chi connectivity index (χ1n) is 8.91. The highest BCUT2D eigenvalue weighted by Crippen LogP contribution is 2.22. The molecule has 3 rings (SSSR count). The summed E-state index contributed by atoms with van der Waals surface area (Å²) in [7, 11) is 0. The van der Waals surface area contributed by atoms with E-state index in [0.29, 0.717) is 16.3 Å². The highest BCUT2D eigenvalue weighted by atomic mass is 35.5. The van der Waals surface area contributed by atoms with E-state index in [1.807, 2.05) is 37.3 Å². The number of hydrogen-bond donors (Lipinski definition) is 2. The number of carbonyl (C=O) groups excluding carboxylic acids is 3. The first kappa shape index (κ1) is 20.4. The Hall–Kier alpha value is -3.38. The van der Waals surface area contributed by atoms with E-state index in [1.165, 1.54) is 0 Å². The molecule has 6 nitrogen and oxygen atoms in total. The van der Waals surface area contributed by atoms with Crippen molar-refractivity contribution in [3.63, 3.8) is 0 Å². The van der Waals surface area contributed by atoms with E-state index in [0.717, 1.165) is 16.3 Å². The third kappa shape index (κ3) is 5.56. The molecule has 29 heavy (non-hydrogen) atoms. The number of anilines is 1. The van der Waals surface area contributed by atoms with Crippen LogP contribution >= 0.6 is 11.6 Å². The van der Waals surface area contributed by atoms with E-state index in [-0.39, 0.29) is 6.54 Å². The first-order chi connectivity index (χ1) is 13.9. The van der Waals surface area contributed by atoms with Crippen LogP contribution in [0.1, 0.15) is 15.9 Å². The summed E-state index contributed by atoms with van der Waals surface area (Å²) in [4.78, 5) is 35.9. The predicted octanol–water partition coefficient (Wildman–Crippen LogP) is 3.71.